The molecule has 1 aliphatic carbocycles. The molecular formula is C8H16N2O. The summed E-state index contributed by atoms with van der Waals surface area (Å²) in [5.74, 6) is 0.234. The van der Waals surface area contributed by atoms with Gasteiger partial charge in [-0.3, -0.25) is 4.79 Å². The van der Waals surface area contributed by atoms with Gasteiger partial charge in [0.05, 0.1) is 6.54 Å². The Morgan fingerprint density at radius 3 is 2.64 bits per heavy atom. The fourth-order valence-electron chi connectivity index (χ4n) is 1.28. The van der Waals surface area contributed by atoms with Crippen LogP contribution in [-0.2, 0) is 4.79 Å². The Bertz CT molecular complexity index is 143. The lowest BCUT2D eigenvalue weighted by molar-refractivity contribution is -0.130. The lowest BCUT2D eigenvalue weighted by Crippen LogP contribution is -2.38. The molecule has 11 heavy (non-hydrogen) atoms. The second-order valence-electron chi connectivity index (χ2n) is 2.94. The first-order valence-electron chi connectivity index (χ1n) is 4.23. The number of carbonyl (C=O) groups excluding carboxylic acids is 1. The van der Waals surface area contributed by atoms with Gasteiger partial charge in [-0.1, -0.05) is 0 Å². The number of hydrogen-bond donors (Lipinski definition) is 1. The van der Waals surface area contributed by atoms with Crippen molar-refractivity contribution in [2.24, 2.45) is 0 Å². The van der Waals surface area contributed by atoms with E-state index in [1.807, 2.05) is 11.8 Å². The van der Waals surface area contributed by atoms with Crippen LogP contribution in [0.1, 0.15) is 19.8 Å². The normalized spacial score (nSPS) is 16.5. The quantitative estimate of drug-likeness (QED) is 0.631. The Morgan fingerprint density at radius 2 is 2.27 bits per heavy atom. The van der Waals surface area contributed by atoms with Crippen LogP contribution in [0.2, 0.25) is 0 Å². The largest absolute Gasteiger partial charge is 0.339 e. The van der Waals surface area contributed by atoms with Gasteiger partial charge in [0.15, 0.2) is 0 Å². The highest BCUT2D eigenvalue weighted by Gasteiger charge is 2.30. The van der Waals surface area contributed by atoms with Gasteiger partial charge in [0.2, 0.25) is 5.91 Å². The molecule has 0 aromatic rings. The molecule has 3 nitrogen and oxygen atoms in total. The predicted molar refractivity (Wildman–Crippen MR) is 44.3 cm³/mol. The molecule has 0 bridgehead atoms. The first-order valence-corrected chi connectivity index (χ1v) is 4.23. The first-order chi connectivity index (χ1) is 5.29. The van der Waals surface area contributed by atoms with Crippen molar-refractivity contribution in [3.63, 3.8) is 0 Å². The zero-order valence-electron chi connectivity index (χ0n) is 7.26. The van der Waals surface area contributed by atoms with Crippen molar-refractivity contribution in [2.45, 2.75) is 25.8 Å². The lowest BCUT2D eigenvalue weighted by Gasteiger charge is -2.19. The van der Waals surface area contributed by atoms with Crippen LogP contribution in [0, 0.1) is 0 Å². The summed E-state index contributed by atoms with van der Waals surface area (Å²) in [5.41, 5.74) is 0. The molecule has 1 saturated carbocycles. The van der Waals surface area contributed by atoms with E-state index in [1.165, 1.54) is 12.8 Å². The molecule has 1 rings (SSSR count). The van der Waals surface area contributed by atoms with Gasteiger partial charge in [0, 0.05) is 12.6 Å². The molecule has 0 aromatic carbocycles. The predicted octanol–water partition coefficient (Wildman–Crippen LogP) is 0.217. The number of carbonyl (C=O) groups is 1. The van der Waals surface area contributed by atoms with Gasteiger partial charge in [-0.25, -0.2) is 0 Å². The molecule has 0 saturated heterocycles. The zero-order valence-corrected chi connectivity index (χ0v) is 7.26. The Balaban J connectivity index is 2.33. The van der Waals surface area contributed by atoms with Crippen LogP contribution in [0.15, 0.2) is 0 Å². The van der Waals surface area contributed by atoms with E-state index in [1.54, 1.807) is 7.05 Å². The summed E-state index contributed by atoms with van der Waals surface area (Å²) in [6.07, 6.45) is 2.40. The van der Waals surface area contributed by atoms with Crippen LogP contribution in [0.5, 0.6) is 0 Å². The van der Waals surface area contributed by atoms with E-state index in [0.717, 1.165) is 6.54 Å². The summed E-state index contributed by atoms with van der Waals surface area (Å²) in [5, 5.41) is 2.87. The fraction of sp³-hybridized carbons (Fsp3) is 0.875. The van der Waals surface area contributed by atoms with Crippen LogP contribution < -0.4 is 5.32 Å². The Hall–Kier alpha value is -0.570. The van der Waals surface area contributed by atoms with Crippen LogP contribution in [-0.4, -0.2) is 37.0 Å². The van der Waals surface area contributed by atoms with Crippen LogP contribution in [0.25, 0.3) is 0 Å². The third-order valence-electron chi connectivity index (χ3n) is 1.98. The SMILES string of the molecule is CCN(C(=O)CNC)C1CC1. The van der Waals surface area contributed by atoms with Crippen molar-refractivity contribution in [2.75, 3.05) is 20.1 Å². The van der Waals surface area contributed by atoms with Crippen molar-refractivity contribution < 1.29 is 4.79 Å². The molecule has 0 spiro atoms. The van der Waals surface area contributed by atoms with Gasteiger partial charge in [-0.15, -0.1) is 0 Å². The van der Waals surface area contributed by atoms with E-state index in [2.05, 4.69) is 5.32 Å². The monoisotopic (exact) mass is 156 g/mol. The Kier molecular flexibility index (Phi) is 2.88. The van der Waals surface area contributed by atoms with E-state index in [9.17, 15) is 4.79 Å². The third-order valence-corrected chi connectivity index (χ3v) is 1.98. The second kappa shape index (κ2) is 3.72. The van der Waals surface area contributed by atoms with Crippen molar-refractivity contribution >= 4 is 5.91 Å². The van der Waals surface area contributed by atoms with Gasteiger partial charge in [0.1, 0.15) is 0 Å². The maximum Gasteiger partial charge on any atom is 0.236 e. The molecule has 1 N–H and O–H groups in total. The average molecular weight is 156 g/mol. The number of likely N-dealkylation sites (N-methyl/N-ethyl adjacent to an activating group) is 2. The van der Waals surface area contributed by atoms with Crippen molar-refractivity contribution in [3.05, 3.63) is 0 Å². The summed E-state index contributed by atoms with van der Waals surface area (Å²) in [4.78, 5) is 13.3. The second-order valence-corrected chi connectivity index (χ2v) is 2.94. The van der Waals surface area contributed by atoms with Gasteiger partial charge in [-0.05, 0) is 26.8 Å². The smallest absolute Gasteiger partial charge is 0.236 e. The number of nitrogens with one attached hydrogen (secondary N) is 1. The van der Waals surface area contributed by atoms with Crippen molar-refractivity contribution in [3.8, 4) is 0 Å². The van der Waals surface area contributed by atoms with E-state index in [0.29, 0.717) is 12.6 Å². The molecular weight excluding hydrogens is 140 g/mol. The summed E-state index contributed by atoms with van der Waals surface area (Å²) in [6, 6.07) is 0.556. The topological polar surface area (TPSA) is 32.3 Å². The molecule has 1 amide bonds. The van der Waals surface area contributed by atoms with Crippen LogP contribution in [0.4, 0.5) is 0 Å². The van der Waals surface area contributed by atoms with E-state index >= 15 is 0 Å². The van der Waals surface area contributed by atoms with Gasteiger partial charge >= 0.3 is 0 Å². The Morgan fingerprint density at radius 1 is 1.64 bits per heavy atom. The van der Waals surface area contributed by atoms with Crippen molar-refractivity contribution in [1.82, 2.24) is 10.2 Å². The lowest BCUT2D eigenvalue weighted by atomic mass is 10.4. The van der Waals surface area contributed by atoms with Crippen LogP contribution in [0.3, 0.4) is 0 Å². The summed E-state index contributed by atoms with van der Waals surface area (Å²) < 4.78 is 0. The summed E-state index contributed by atoms with van der Waals surface area (Å²) >= 11 is 0. The number of nitrogens with zero attached hydrogens (tertiary/aromatic N) is 1. The molecule has 0 radical (unpaired) electrons. The van der Waals surface area contributed by atoms with Gasteiger partial charge < -0.3 is 10.2 Å². The molecule has 3 heteroatoms. The van der Waals surface area contributed by atoms with E-state index in [4.69, 9.17) is 0 Å². The highest BCUT2D eigenvalue weighted by atomic mass is 16.2. The number of amides is 1. The highest BCUT2D eigenvalue weighted by molar-refractivity contribution is 5.78. The average Bonchev–Trinajstić information content (AvgIpc) is 2.73. The van der Waals surface area contributed by atoms with E-state index < -0.39 is 0 Å². The maximum absolute atomic E-state index is 11.3. The van der Waals surface area contributed by atoms with Gasteiger partial charge in [-0.2, -0.15) is 0 Å². The van der Waals surface area contributed by atoms with Crippen LogP contribution >= 0.6 is 0 Å². The maximum atomic E-state index is 11.3. The standard InChI is InChI=1S/C8H16N2O/c1-3-10(7-4-5-7)8(11)6-9-2/h7,9H,3-6H2,1-2H3. The minimum Gasteiger partial charge on any atom is -0.339 e. The first kappa shape index (κ1) is 8.53. The minimum absolute atomic E-state index is 0.234. The molecule has 0 atom stereocenters. The molecule has 64 valence electrons. The Labute approximate surface area is 67.8 Å². The third kappa shape index (κ3) is 2.19. The molecule has 1 fully saturated rings. The highest BCUT2D eigenvalue weighted by Crippen LogP contribution is 2.26. The summed E-state index contributed by atoms with van der Waals surface area (Å²) in [7, 11) is 1.80. The minimum atomic E-state index is 0.234. The number of rotatable bonds is 4. The fourth-order valence-corrected chi connectivity index (χ4v) is 1.28. The number of hydrogen-bond acceptors (Lipinski definition) is 2. The molecule has 0 heterocycles. The van der Waals surface area contributed by atoms with E-state index in [-0.39, 0.29) is 5.91 Å². The molecule has 0 aromatic heterocycles. The zero-order chi connectivity index (χ0) is 8.27. The van der Waals surface area contributed by atoms with Gasteiger partial charge in [0.25, 0.3) is 0 Å². The molecule has 0 aliphatic heterocycles. The molecule has 0 unspecified atom stereocenters. The van der Waals surface area contributed by atoms with Crippen molar-refractivity contribution in [1.29, 1.82) is 0 Å². The molecule has 1 aliphatic rings. The summed E-state index contributed by atoms with van der Waals surface area (Å²) in [6.45, 7) is 3.36.